The summed E-state index contributed by atoms with van der Waals surface area (Å²) in [6.07, 6.45) is 5.53. The fourth-order valence-electron chi connectivity index (χ4n) is 2.03. The van der Waals surface area contributed by atoms with E-state index in [4.69, 9.17) is 11.5 Å². The Balaban J connectivity index is 0.000000673. The molecule has 1 aliphatic rings. The first kappa shape index (κ1) is 15.4. The number of nitrogens with two attached hydrogens (primary N) is 2. The summed E-state index contributed by atoms with van der Waals surface area (Å²) in [7, 11) is 0. The molecule has 96 valence electrons. The van der Waals surface area contributed by atoms with E-state index in [0.29, 0.717) is 18.4 Å². The van der Waals surface area contributed by atoms with Crippen LogP contribution in [-0.4, -0.2) is 12.5 Å². The van der Waals surface area contributed by atoms with Crippen molar-refractivity contribution in [3.05, 3.63) is 0 Å². The molecule has 1 aliphatic carbocycles. The number of unbranched alkanes of at least 4 members (excludes halogenated alkanes) is 1. The van der Waals surface area contributed by atoms with Gasteiger partial charge in [-0.3, -0.25) is 4.79 Å². The van der Waals surface area contributed by atoms with Crippen molar-refractivity contribution in [2.45, 2.75) is 52.9 Å². The van der Waals surface area contributed by atoms with Gasteiger partial charge in [0.15, 0.2) is 0 Å². The molecule has 3 nitrogen and oxygen atoms in total. The average molecular weight is 228 g/mol. The van der Waals surface area contributed by atoms with E-state index in [1.807, 2.05) is 0 Å². The first-order valence-corrected chi connectivity index (χ1v) is 6.61. The molecule has 0 aromatic rings. The van der Waals surface area contributed by atoms with E-state index in [-0.39, 0.29) is 11.8 Å². The largest absolute Gasteiger partial charge is 0.369 e. The maximum absolute atomic E-state index is 11.1. The fraction of sp³-hybridized carbons (Fsp3) is 0.923. The molecule has 2 unspecified atom stereocenters. The van der Waals surface area contributed by atoms with Crippen LogP contribution in [0.3, 0.4) is 0 Å². The predicted octanol–water partition coefficient (Wildman–Crippen LogP) is 2.29. The Kier molecular flexibility index (Phi) is 8.26. The number of rotatable bonds is 6. The standard InChI is InChI=1S/C10H20N2O.C3H8/c1-2-3-4-8(10(12)13)9-5-7(9)6-11;1-3-2/h7-9H,2-6,11H2,1H3,(H2,12,13);3H2,1-2H3/t7?,8-,9?;/m1./s1. The Morgan fingerprint density at radius 2 is 1.94 bits per heavy atom. The topological polar surface area (TPSA) is 69.1 Å². The van der Waals surface area contributed by atoms with E-state index in [9.17, 15) is 4.79 Å². The smallest absolute Gasteiger partial charge is 0.220 e. The van der Waals surface area contributed by atoms with Crippen LogP contribution in [0, 0.1) is 17.8 Å². The minimum atomic E-state index is -0.130. The van der Waals surface area contributed by atoms with Gasteiger partial charge in [0.25, 0.3) is 0 Å². The molecule has 4 N–H and O–H groups in total. The molecule has 3 heteroatoms. The summed E-state index contributed by atoms with van der Waals surface area (Å²) in [4.78, 5) is 11.1. The van der Waals surface area contributed by atoms with Crippen LogP contribution in [0.2, 0.25) is 0 Å². The molecule has 1 fully saturated rings. The lowest BCUT2D eigenvalue weighted by Crippen LogP contribution is -2.26. The predicted molar refractivity (Wildman–Crippen MR) is 68.8 cm³/mol. The molecular formula is C13H28N2O. The van der Waals surface area contributed by atoms with Crippen molar-refractivity contribution in [2.24, 2.45) is 29.2 Å². The fourth-order valence-corrected chi connectivity index (χ4v) is 2.03. The molecule has 0 aliphatic heterocycles. The highest BCUT2D eigenvalue weighted by molar-refractivity contribution is 5.77. The van der Waals surface area contributed by atoms with E-state index in [1.54, 1.807) is 0 Å². The zero-order valence-corrected chi connectivity index (χ0v) is 11.0. The summed E-state index contributed by atoms with van der Waals surface area (Å²) in [5.74, 6) is 1.02. The normalized spacial score (nSPS) is 24.2. The Morgan fingerprint density at radius 1 is 1.38 bits per heavy atom. The van der Waals surface area contributed by atoms with Gasteiger partial charge in [0.05, 0.1) is 0 Å². The monoisotopic (exact) mass is 228 g/mol. The number of carbonyl (C=O) groups excluding carboxylic acids is 1. The highest BCUT2D eigenvalue weighted by Crippen LogP contribution is 2.45. The minimum absolute atomic E-state index is 0.0912. The van der Waals surface area contributed by atoms with Gasteiger partial charge >= 0.3 is 0 Å². The van der Waals surface area contributed by atoms with Gasteiger partial charge < -0.3 is 11.5 Å². The van der Waals surface area contributed by atoms with Crippen LogP contribution in [0.4, 0.5) is 0 Å². The third-order valence-corrected chi connectivity index (χ3v) is 3.03. The van der Waals surface area contributed by atoms with E-state index in [1.165, 1.54) is 6.42 Å². The number of amides is 1. The second kappa shape index (κ2) is 8.57. The highest BCUT2D eigenvalue weighted by Gasteiger charge is 2.43. The molecule has 0 radical (unpaired) electrons. The molecule has 0 aromatic carbocycles. The van der Waals surface area contributed by atoms with Gasteiger partial charge in [-0.2, -0.15) is 0 Å². The van der Waals surface area contributed by atoms with Gasteiger partial charge in [-0.1, -0.05) is 40.0 Å². The lowest BCUT2D eigenvalue weighted by atomic mass is 9.95. The highest BCUT2D eigenvalue weighted by atomic mass is 16.1. The number of primary amides is 1. The lowest BCUT2D eigenvalue weighted by Gasteiger charge is -2.11. The van der Waals surface area contributed by atoms with Gasteiger partial charge in [-0.15, -0.1) is 0 Å². The molecule has 16 heavy (non-hydrogen) atoms. The summed E-state index contributed by atoms with van der Waals surface area (Å²) in [6.45, 7) is 7.09. The Labute approximate surface area is 100.0 Å². The van der Waals surface area contributed by atoms with Crippen molar-refractivity contribution in [2.75, 3.05) is 6.54 Å². The van der Waals surface area contributed by atoms with Crippen LogP contribution < -0.4 is 11.5 Å². The first-order valence-electron chi connectivity index (χ1n) is 6.61. The summed E-state index contributed by atoms with van der Waals surface area (Å²) < 4.78 is 0. The van der Waals surface area contributed by atoms with Crippen molar-refractivity contribution in [3.63, 3.8) is 0 Å². The van der Waals surface area contributed by atoms with Gasteiger partial charge in [0.2, 0.25) is 5.91 Å². The Morgan fingerprint density at radius 3 is 2.25 bits per heavy atom. The van der Waals surface area contributed by atoms with Gasteiger partial charge in [0.1, 0.15) is 0 Å². The zero-order chi connectivity index (χ0) is 12.6. The number of carbonyl (C=O) groups is 1. The second-order valence-electron chi connectivity index (χ2n) is 4.75. The molecule has 1 amide bonds. The lowest BCUT2D eigenvalue weighted by molar-refractivity contribution is -0.122. The van der Waals surface area contributed by atoms with Gasteiger partial charge in [0, 0.05) is 5.92 Å². The molecule has 0 spiro atoms. The second-order valence-corrected chi connectivity index (χ2v) is 4.75. The van der Waals surface area contributed by atoms with Crippen LogP contribution in [0.15, 0.2) is 0 Å². The summed E-state index contributed by atoms with van der Waals surface area (Å²) in [5, 5.41) is 0. The average Bonchev–Trinajstić information content (AvgIpc) is 2.98. The maximum atomic E-state index is 11.1. The van der Waals surface area contributed by atoms with Gasteiger partial charge in [-0.05, 0) is 31.2 Å². The molecule has 0 bridgehead atoms. The maximum Gasteiger partial charge on any atom is 0.220 e. The molecule has 0 heterocycles. The van der Waals surface area contributed by atoms with Crippen molar-refractivity contribution in [3.8, 4) is 0 Å². The van der Waals surface area contributed by atoms with Crippen molar-refractivity contribution >= 4 is 5.91 Å². The summed E-state index contributed by atoms with van der Waals surface area (Å²) in [6, 6.07) is 0. The SMILES string of the molecule is CCC.CCCC[C@@H](C(N)=O)C1CC1CN. The molecule has 0 aromatic heterocycles. The van der Waals surface area contributed by atoms with Crippen LogP contribution >= 0.6 is 0 Å². The van der Waals surface area contributed by atoms with Crippen LogP contribution in [0.5, 0.6) is 0 Å². The first-order chi connectivity index (χ1) is 7.62. The Bertz CT molecular complexity index is 194. The molecule has 1 rings (SSSR count). The van der Waals surface area contributed by atoms with Crippen LogP contribution in [0.25, 0.3) is 0 Å². The summed E-state index contributed by atoms with van der Waals surface area (Å²) >= 11 is 0. The quantitative estimate of drug-likeness (QED) is 0.732. The van der Waals surface area contributed by atoms with E-state index in [0.717, 1.165) is 25.7 Å². The zero-order valence-electron chi connectivity index (χ0n) is 11.0. The molecule has 0 saturated heterocycles. The summed E-state index contributed by atoms with van der Waals surface area (Å²) in [5.41, 5.74) is 10.9. The van der Waals surface area contributed by atoms with Crippen LogP contribution in [0.1, 0.15) is 52.9 Å². The van der Waals surface area contributed by atoms with Crippen molar-refractivity contribution < 1.29 is 4.79 Å². The third kappa shape index (κ3) is 5.50. The van der Waals surface area contributed by atoms with Crippen LogP contribution in [-0.2, 0) is 4.79 Å². The van der Waals surface area contributed by atoms with E-state index in [2.05, 4.69) is 20.8 Å². The number of hydrogen-bond donors (Lipinski definition) is 2. The van der Waals surface area contributed by atoms with E-state index >= 15 is 0 Å². The number of hydrogen-bond acceptors (Lipinski definition) is 2. The van der Waals surface area contributed by atoms with Crippen molar-refractivity contribution in [1.29, 1.82) is 0 Å². The molecular weight excluding hydrogens is 200 g/mol. The van der Waals surface area contributed by atoms with Gasteiger partial charge in [-0.25, -0.2) is 0 Å². The van der Waals surface area contributed by atoms with E-state index < -0.39 is 0 Å². The Hall–Kier alpha value is -0.570. The molecule has 3 atom stereocenters. The molecule has 1 saturated carbocycles. The minimum Gasteiger partial charge on any atom is -0.369 e. The van der Waals surface area contributed by atoms with Crippen molar-refractivity contribution in [1.82, 2.24) is 0 Å². The third-order valence-electron chi connectivity index (χ3n) is 3.03.